The molecule has 11 heteroatoms. The number of likely N-dealkylation sites (tertiary alicyclic amines) is 1. The van der Waals surface area contributed by atoms with Gasteiger partial charge in [-0.05, 0) is 36.5 Å². The molecule has 0 unspecified atom stereocenters. The van der Waals surface area contributed by atoms with Gasteiger partial charge in [-0.15, -0.1) is 23.2 Å². The van der Waals surface area contributed by atoms with Gasteiger partial charge in [0.05, 0.1) is 33.3 Å². The van der Waals surface area contributed by atoms with Gasteiger partial charge in [0.15, 0.2) is 6.61 Å². The molecule has 7 nitrogen and oxygen atoms in total. The molecule has 0 aromatic heterocycles. The van der Waals surface area contributed by atoms with Crippen LogP contribution < -0.4 is 5.32 Å². The molecule has 1 heterocycles. The van der Waals surface area contributed by atoms with Crippen LogP contribution in [0.1, 0.15) is 6.42 Å². The Balaban J connectivity index is 1.32. The molecule has 0 radical (unpaired) electrons. The third kappa shape index (κ3) is 3.72. The molecule has 1 N–H and O–H groups in total. The maximum Gasteiger partial charge on any atom is 0.326 e. The number of imide groups is 1. The van der Waals surface area contributed by atoms with E-state index >= 15 is 0 Å². The number of ether oxygens (including phenoxy) is 1. The van der Waals surface area contributed by atoms with Crippen LogP contribution in [0.3, 0.4) is 0 Å². The summed E-state index contributed by atoms with van der Waals surface area (Å²) in [6.45, 7) is -1.12. The van der Waals surface area contributed by atoms with Gasteiger partial charge >= 0.3 is 5.97 Å². The summed E-state index contributed by atoms with van der Waals surface area (Å²) in [6, 6.07) is 4.89. The Bertz CT molecular complexity index is 913. The van der Waals surface area contributed by atoms with Crippen LogP contribution in [-0.2, 0) is 23.9 Å². The Hall–Kier alpha value is -1.35. The molecule has 3 amide bonds. The summed E-state index contributed by atoms with van der Waals surface area (Å²) in [5, 5.41) is 2.10. The number of nitrogens with one attached hydrogen (secondary N) is 1. The molecule has 3 fully saturated rings. The minimum absolute atomic E-state index is 0.164. The second-order valence-corrected chi connectivity index (χ2v) is 9.93. The lowest BCUT2D eigenvalue weighted by atomic mass is 9.80. The van der Waals surface area contributed by atoms with Crippen molar-refractivity contribution in [3.63, 3.8) is 0 Å². The largest absolute Gasteiger partial charge is 0.454 e. The van der Waals surface area contributed by atoms with Crippen molar-refractivity contribution in [1.29, 1.82) is 0 Å². The lowest BCUT2D eigenvalue weighted by molar-refractivity contribution is -0.154. The number of amides is 3. The number of benzene rings is 1. The van der Waals surface area contributed by atoms with E-state index in [4.69, 9.17) is 39.5 Å². The summed E-state index contributed by atoms with van der Waals surface area (Å²) in [7, 11) is 0. The van der Waals surface area contributed by atoms with E-state index < -0.39 is 48.7 Å². The number of halogens is 4. The smallest absolute Gasteiger partial charge is 0.326 e. The highest BCUT2D eigenvalue weighted by Crippen LogP contribution is 2.59. The van der Waals surface area contributed by atoms with Gasteiger partial charge in [0.1, 0.15) is 6.54 Å². The fraction of sp³-hybridized carbons (Fsp3) is 0.474. The van der Waals surface area contributed by atoms with E-state index in [0.29, 0.717) is 17.1 Å². The first-order valence-corrected chi connectivity index (χ1v) is 11.3. The number of carbonyl (C=O) groups is 4. The van der Waals surface area contributed by atoms with E-state index in [1.165, 1.54) is 0 Å². The van der Waals surface area contributed by atoms with Gasteiger partial charge < -0.3 is 10.1 Å². The van der Waals surface area contributed by atoms with Crippen LogP contribution in [0, 0.1) is 23.7 Å². The zero-order chi connectivity index (χ0) is 21.7. The van der Waals surface area contributed by atoms with Gasteiger partial charge in [-0.2, -0.15) is 0 Å². The predicted octanol–water partition coefficient (Wildman–Crippen LogP) is 3.05. The predicted molar refractivity (Wildman–Crippen MR) is 113 cm³/mol. The summed E-state index contributed by atoms with van der Waals surface area (Å²) in [5.74, 6) is -3.69. The fourth-order valence-corrected chi connectivity index (χ4v) is 6.28. The molecule has 2 aliphatic carbocycles. The van der Waals surface area contributed by atoms with Crippen molar-refractivity contribution in [2.24, 2.45) is 23.7 Å². The Morgan fingerprint density at radius 3 is 2.30 bits per heavy atom. The Labute approximate surface area is 195 Å². The van der Waals surface area contributed by atoms with Crippen LogP contribution in [0.15, 0.2) is 22.7 Å². The summed E-state index contributed by atoms with van der Waals surface area (Å²) >= 11 is 21.9. The molecule has 160 valence electrons. The second kappa shape index (κ2) is 8.30. The van der Waals surface area contributed by atoms with Crippen molar-refractivity contribution in [2.75, 3.05) is 18.5 Å². The lowest BCUT2D eigenvalue weighted by Crippen LogP contribution is -2.38. The third-order valence-electron chi connectivity index (χ3n) is 5.94. The van der Waals surface area contributed by atoms with E-state index in [-0.39, 0.29) is 22.6 Å². The second-order valence-electron chi connectivity index (χ2n) is 7.60. The van der Waals surface area contributed by atoms with Crippen LogP contribution in [-0.4, -0.2) is 52.5 Å². The van der Waals surface area contributed by atoms with Crippen molar-refractivity contribution >= 4 is 80.1 Å². The first-order chi connectivity index (χ1) is 14.2. The summed E-state index contributed by atoms with van der Waals surface area (Å²) in [6.07, 6.45) is 0.645. The van der Waals surface area contributed by atoms with Gasteiger partial charge in [-0.25, -0.2) is 0 Å². The molecule has 1 aromatic carbocycles. The van der Waals surface area contributed by atoms with E-state index in [1.807, 2.05) is 0 Å². The lowest BCUT2D eigenvalue weighted by Gasteiger charge is -2.28. The van der Waals surface area contributed by atoms with Crippen molar-refractivity contribution in [1.82, 2.24) is 4.90 Å². The molecule has 3 aliphatic rings. The van der Waals surface area contributed by atoms with Crippen LogP contribution in [0.2, 0.25) is 5.02 Å². The van der Waals surface area contributed by atoms with Gasteiger partial charge in [0, 0.05) is 4.47 Å². The summed E-state index contributed by atoms with van der Waals surface area (Å²) in [5.41, 5.74) is 0.361. The number of hydrogen-bond donors (Lipinski definition) is 1. The van der Waals surface area contributed by atoms with E-state index in [9.17, 15) is 19.2 Å². The third-order valence-corrected chi connectivity index (χ3v) is 8.06. The number of carbonyl (C=O) groups excluding carboxylic acids is 4. The molecule has 4 rings (SSSR count). The zero-order valence-electron chi connectivity index (χ0n) is 15.3. The average molecular weight is 539 g/mol. The number of alkyl halides is 2. The molecule has 30 heavy (non-hydrogen) atoms. The highest BCUT2D eigenvalue weighted by molar-refractivity contribution is 9.10. The number of anilines is 1. The molecule has 0 spiro atoms. The van der Waals surface area contributed by atoms with Crippen LogP contribution in [0.25, 0.3) is 0 Å². The number of nitrogens with zero attached hydrogens (tertiary/aromatic N) is 1. The van der Waals surface area contributed by atoms with E-state index in [1.54, 1.807) is 18.2 Å². The molecule has 6 atom stereocenters. The van der Waals surface area contributed by atoms with Crippen molar-refractivity contribution in [3.8, 4) is 0 Å². The molecular formula is C19H16BrCl3N2O5. The first-order valence-electron chi connectivity index (χ1n) is 9.23. The van der Waals surface area contributed by atoms with Gasteiger partial charge in [0.25, 0.3) is 5.91 Å². The zero-order valence-corrected chi connectivity index (χ0v) is 19.2. The molecule has 1 aliphatic heterocycles. The highest BCUT2D eigenvalue weighted by Gasteiger charge is 2.66. The number of hydrogen-bond acceptors (Lipinski definition) is 5. The first kappa shape index (κ1) is 21.9. The monoisotopic (exact) mass is 536 g/mol. The van der Waals surface area contributed by atoms with E-state index in [0.717, 1.165) is 9.37 Å². The van der Waals surface area contributed by atoms with Crippen molar-refractivity contribution in [3.05, 3.63) is 27.7 Å². The maximum absolute atomic E-state index is 12.7. The van der Waals surface area contributed by atoms with E-state index in [2.05, 4.69) is 21.2 Å². The minimum Gasteiger partial charge on any atom is -0.454 e. The SMILES string of the molecule is O=C(COC(=O)CN1C(=O)[C@@H]2[C@H]3C[C@@H]([C@@H](Cl)[C@H]3Cl)[C@H]2C1=O)Nc1ccc(Br)cc1Cl. The molecular weight excluding hydrogens is 522 g/mol. The normalized spacial score (nSPS) is 31.8. The quantitative estimate of drug-likeness (QED) is 0.354. The average Bonchev–Trinajstić information content (AvgIpc) is 3.29. The maximum atomic E-state index is 12.7. The Kier molecular flexibility index (Phi) is 6.05. The van der Waals surface area contributed by atoms with Crippen LogP contribution in [0.4, 0.5) is 5.69 Å². The topological polar surface area (TPSA) is 92.8 Å². The summed E-state index contributed by atoms with van der Waals surface area (Å²) < 4.78 is 5.68. The van der Waals surface area contributed by atoms with Crippen LogP contribution >= 0.6 is 50.7 Å². The molecule has 2 saturated carbocycles. The van der Waals surface area contributed by atoms with Gasteiger partial charge in [-0.1, -0.05) is 27.5 Å². The Morgan fingerprint density at radius 1 is 1.13 bits per heavy atom. The van der Waals surface area contributed by atoms with Crippen molar-refractivity contribution in [2.45, 2.75) is 17.2 Å². The standard InChI is InChI=1S/C19H16BrCl3N2O5/c20-7-1-2-11(10(21)3-7)24-12(26)6-30-13(27)5-25-18(28)14-8-4-9(15(14)19(25)29)17(23)16(8)22/h1-3,8-9,14-17H,4-6H2,(H,24,26)/t8-,9-,14-,15-,16-,17+/m1/s1. The molecule has 1 saturated heterocycles. The van der Waals surface area contributed by atoms with Crippen LogP contribution in [0.5, 0.6) is 0 Å². The Morgan fingerprint density at radius 2 is 1.73 bits per heavy atom. The number of esters is 1. The number of rotatable bonds is 5. The molecule has 1 aromatic rings. The van der Waals surface area contributed by atoms with Crippen molar-refractivity contribution < 1.29 is 23.9 Å². The number of fused-ring (bicyclic) bond motifs is 5. The minimum atomic E-state index is -0.856. The highest BCUT2D eigenvalue weighted by atomic mass is 79.9. The molecule has 2 bridgehead atoms. The van der Waals surface area contributed by atoms with Gasteiger partial charge in [-0.3, -0.25) is 24.1 Å². The fourth-order valence-electron chi connectivity index (χ4n) is 4.66. The summed E-state index contributed by atoms with van der Waals surface area (Å²) in [4.78, 5) is 50.5. The van der Waals surface area contributed by atoms with Gasteiger partial charge in [0.2, 0.25) is 11.8 Å².